The van der Waals surface area contributed by atoms with Gasteiger partial charge >= 0.3 is 0 Å². The average Bonchev–Trinajstić information content (AvgIpc) is 3.09. The Morgan fingerprint density at radius 3 is 1.90 bits per heavy atom. The molecular weight excluding hydrogens is 636 g/mol. The molecule has 2 aromatic rings. The Labute approximate surface area is 275 Å². The van der Waals surface area contributed by atoms with Crippen molar-refractivity contribution in [2.75, 3.05) is 27.4 Å². The number of ketones is 2. The van der Waals surface area contributed by atoms with E-state index in [1.54, 1.807) is 24.3 Å². The van der Waals surface area contributed by atoms with E-state index >= 15 is 0 Å². The first-order valence-corrected chi connectivity index (χ1v) is 15.0. The summed E-state index contributed by atoms with van der Waals surface area (Å²) in [6, 6.07) is 9.32. The van der Waals surface area contributed by atoms with Crippen LogP contribution < -0.4 is 14.2 Å². The number of hydrogen-bond acceptors (Lipinski definition) is 15. The van der Waals surface area contributed by atoms with Crippen LogP contribution in [0.4, 0.5) is 0 Å². The van der Waals surface area contributed by atoms with Gasteiger partial charge < -0.3 is 64.5 Å². The molecule has 2 saturated heterocycles. The Kier molecular flexibility index (Phi) is 12.8. The average molecular weight is 677 g/mol. The van der Waals surface area contributed by atoms with Gasteiger partial charge in [0.2, 0.25) is 6.29 Å². The van der Waals surface area contributed by atoms with Crippen LogP contribution in [0.2, 0.25) is 0 Å². The van der Waals surface area contributed by atoms with E-state index in [9.17, 15) is 50.4 Å². The molecular formula is C33H40O15. The van der Waals surface area contributed by atoms with Crippen LogP contribution in [-0.2, 0) is 19.1 Å². The normalized spacial score (nSPS) is 30.8. The zero-order valence-corrected chi connectivity index (χ0v) is 26.1. The van der Waals surface area contributed by atoms with Crippen LogP contribution in [0.15, 0.2) is 48.6 Å². The molecule has 0 saturated carbocycles. The Morgan fingerprint density at radius 1 is 0.708 bits per heavy atom. The molecule has 2 heterocycles. The molecule has 2 aliphatic rings. The second kappa shape index (κ2) is 16.6. The summed E-state index contributed by atoms with van der Waals surface area (Å²) in [7, 11) is 2.75. The van der Waals surface area contributed by atoms with Gasteiger partial charge in [0.05, 0.1) is 46.1 Å². The van der Waals surface area contributed by atoms with Crippen LogP contribution in [0.3, 0.4) is 0 Å². The van der Waals surface area contributed by atoms with E-state index in [2.05, 4.69) is 0 Å². The molecule has 0 bridgehead atoms. The highest BCUT2D eigenvalue weighted by molar-refractivity contribution is 6.10. The van der Waals surface area contributed by atoms with E-state index in [0.717, 1.165) is 0 Å². The molecule has 8 N–H and O–H groups in total. The number of ether oxygens (including phenoxy) is 5. The highest BCUT2D eigenvalue weighted by Crippen LogP contribution is 2.40. The largest absolute Gasteiger partial charge is 0.496 e. The zero-order valence-electron chi connectivity index (χ0n) is 26.1. The van der Waals surface area contributed by atoms with Gasteiger partial charge in [0.25, 0.3) is 0 Å². The highest BCUT2D eigenvalue weighted by atomic mass is 16.7. The standard InChI is InChI=1S/C33H40O15/c1-44-23-11-16(5-9-20(23)31-21(14-34)26(38)29(41)32(43)48-31)3-7-18(36)13-19(37)8-4-17-6-10-22(24(12-17)45-2)46-33-30(42)28(40)27(39)25(15-35)47-33/h3-12,21,25-35,38-43H,13-15H2,1-2H3/b7-3+,8-4+. The number of methoxy groups -OCH3 is 2. The van der Waals surface area contributed by atoms with Gasteiger partial charge in [0.1, 0.15) is 36.3 Å². The lowest BCUT2D eigenvalue weighted by Crippen LogP contribution is -2.60. The fraction of sp³-hybridized carbons (Fsp3) is 0.455. The molecule has 0 radical (unpaired) electrons. The highest BCUT2D eigenvalue weighted by Gasteiger charge is 2.46. The number of aliphatic hydroxyl groups is 8. The first kappa shape index (κ1) is 37.1. The lowest BCUT2D eigenvalue weighted by Gasteiger charge is -2.40. The van der Waals surface area contributed by atoms with Gasteiger partial charge in [-0.15, -0.1) is 0 Å². The monoisotopic (exact) mass is 676 g/mol. The Hall–Kier alpha value is -3.74. The number of carbonyl (C=O) groups excluding carboxylic acids is 2. The predicted octanol–water partition coefficient (Wildman–Crippen LogP) is -1.14. The third kappa shape index (κ3) is 8.45. The minimum Gasteiger partial charge on any atom is -0.496 e. The summed E-state index contributed by atoms with van der Waals surface area (Å²) >= 11 is 0. The predicted molar refractivity (Wildman–Crippen MR) is 166 cm³/mol. The lowest BCUT2D eigenvalue weighted by molar-refractivity contribution is -0.277. The molecule has 262 valence electrons. The molecule has 0 aromatic heterocycles. The van der Waals surface area contributed by atoms with E-state index < -0.39 is 92.4 Å². The number of rotatable bonds is 13. The number of carbonyl (C=O) groups is 2. The maximum Gasteiger partial charge on any atom is 0.229 e. The van der Waals surface area contributed by atoms with Crippen LogP contribution in [0.25, 0.3) is 12.2 Å². The summed E-state index contributed by atoms with van der Waals surface area (Å²) in [5.41, 5.74) is 1.44. The van der Waals surface area contributed by atoms with Gasteiger partial charge in [0.15, 0.2) is 29.4 Å². The second-order valence-corrected chi connectivity index (χ2v) is 11.3. The summed E-state index contributed by atoms with van der Waals surface area (Å²) in [4.78, 5) is 25.0. The van der Waals surface area contributed by atoms with E-state index in [1.807, 2.05) is 0 Å². The molecule has 4 rings (SSSR count). The van der Waals surface area contributed by atoms with Gasteiger partial charge in [-0.1, -0.05) is 30.4 Å². The van der Waals surface area contributed by atoms with E-state index in [0.29, 0.717) is 16.7 Å². The third-order valence-corrected chi connectivity index (χ3v) is 8.08. The molecule has 0 spiro atoms. The van der Waals surface area contributed by atoms with Crippen molar-refractivity contribution in [2.45, 2.75) is 61.7 Å². The SMILES string of the molecule is COc1cc(/C=C/C(=O)CC(=O)/C=C/c2ccc(C3OC(O)C(O)C(O)C3CO)c(OC)c2)ccc1OC1OC(CO)C(O)C(O)C1O. The summed E-state index contributed by atoms with van der Waals surface area (Å²) in [5, 5.41) is 79.5. The van der Waals surface area contributed by atoms with Gasteiger partial charge in [-0.3, -0.25) is 9.59 Å². The summed E-state index contributed by atoms with van der Waals surface area (Å²) in [5.74, 6) is -1.32. The maximum absolute atomic E-state index is 12.5. The molecule has 2 aliphatic heterocycles. The van der Waals surface area contributed by atoms with Crippen LogP contribution in [-0.4, -0.2) is 129 Å². The Morgan fingerprint density at radius 2 is 1.31 bits per heavy atom. The molecule has 15 heteroatoms. The van der Waals surface area contributed by atoms with Crippen molar-refractivity contribution in [3.05, 3.63) is 65.2 Å². The van der Waals surface area contributed by atoms with Crippen molar-refractivity contribution < 1.29 is 74.1 Å². The molecule has 10 atom stereocenters. The minimum atomic E-state index is -1.68. The number of hydrogen-bond donors (Lipinski definition) is 8. The summed E-state index contributed by atoms with van der Waals surface area (Å²) < 4.78 is 27.2. The molecule has 15 nitrogen and oxygen atoms in total. The Bertz CT molecular complexity index is 1470. The molecule has 10 unspecified atom stereocenters. The van der Waals surface area contributed by atoms with Crippen molar-refractivity contribution in [1.29, 1.82) is 0 Å². The quantitative estimate of drug-likeness (QED) is 0.0924. The molecule has 0 amide bonds. The summed E-state index contributed by atoms with van der Waals surface area (Å²) in [6.45, 7) is -1.15. The van der Waals surface area contributed by atoms with Gasteiger partial charge in [0, 0.05) is 11.5 Å². The van der Waals surface area contributed by atoms with Crippen LogP contribution >= 0.6 is 0 Å². The van der Waals surface area contributed by atoms with E-state index in [-0.39, 0.29) is 17.2 Å². The van der Waals surface area contributed by atoms with Crippen molar-refractivity contribution in [3.8, 4) is 17.2 Å². The van der Waals surface area contributed by atoms with Crippen molar-refractivity contribution in [1.82, 2.24) is 0 Å². The van der Waals surface area contributed by atoms with Crippen molar-refractivity contribution in [3.63, 3.8) is 0 Å². The van der Waals surface area contributed by atoms with Crippen molar-refractivity contribution >= 4 is 23.7 Å². The van der Waals surface area contributed by atoms with Gasteiger partial charge in [-0.25, -0.2) is 0 Å². The number of benzene rings is 2. The summed E-state index contributed by atoms with van der Waals surface area (Å²) in [6.07, 6.45) is -8.10. The van der Waals surface area contributed by atoms with Gasteiger partial charge in [-0.2, -0.15) is 0 Å². The topological polar surface area (TPSA) is 242 Å². The van der Waals surface area contributed by atoms with Gasteiger partial charge in [-0.05, 0) is 41.5 Å². The molecule has 48 heavy (non-hydrogen) atoms. The van der Waals surface area contributed by atoms with Crippen LogP contribution in [0.5, 0.6) is 17.2 Å². The van der Waals surface area contributed by atoms with E-state index in [4.69, 9.17) is 23.7 Å². The second-order valence-electron chi connectivity index (χ2n) is 11.3. The molecule has 2 fully saturated rings. The first-order valence-electron chi connectivity index (χ1n) is 15.0. The smallest absolute Gasteiger partial charge is 0.229 e. The van der Waals surface area contributed by atoms with E-state index in [1.165, 1.54) is 50.7 Å². The fourth-order valence-electron chi connectivity index (χ4n) is 5.35. The lowest BCUT2D eigenvalue weighted by atomic mass is 9.85. The molecule has 2 aromatic carbocycles. The molecule has 0 aliphatic carbocycles. The number of aliphatic hydroxyl groups excluding tert-OH is 8. The van der Waals surface area contributed by atoms with Crippen LogP contribution in [0.1, 0.15) is 29.2 Å². The maximum atomic E-state index is 12.5. The first-order chi connectivity index (χ1) is 22.9. The van der Waals surface area contributed by atoms with Crippen LogP contribution in [0, 0.1) is 5.92 Å². The zero-order chi connectivity index (χ0) is 35.1. The minimum absolute atomic E-state index is 0.115. The number of allylic oxidation sites excluding steroid dienone is 2. The third-order valence-electron chi connectivity index (χ3n) is 8.08. The fourth-order valence-corrected chi connectivity index (χ4v) is 5.35. The Balaban J connectivity index is 1.36. The van der Waals surface area contributed by atoms with Crippen molar-refractivity contribution in [2.24, 2.45) is 5.92 Å².